The summed E-state index contributed by atoms with van der Waals surface area (Å²) in [5.74, 6) is -6.89. The summed E-state index contributed by atoms with van der Waals surface area (Å²) in [4.78, 5) is 66.8. The van der Waals surface area contributed by atoms with Gasteiger partial charge in [0.15, 0.2) is 0 Å². The Hall–Kier alpha value is -3.86. The van der Waals surface area contributed by atoms with E-state index in [1.54, 1.807) is 12.1 Å². The molecule has 1 heterocycles. The van der Waals surface area contributed by atoms with Crippen molar-refractivity contribution < 1.29 is 67.1 Å². The van der Waals surface area contributed by atoms with Gasteiger partial charge in [-0.1, -0.05) is 0 Å². The summed E-state index contributed by atoms with van der Waals surface area (Å²) in [6.45, 7) is 2.05. The molecule has 16 heteroatoms. The van der Waals surface area contributed by atoms with Gasteiger partial charge >= 0.3 is 23.9 Å². The van der Waals surface area contributed by atoms with Crippen molar-refractivity contribution in [2.24, 2.45) is 34.5 Å². The second-order valence-electron chi connectivity index (χ2n) is 14.5. The van der Waals surface area contributed by atoms with Crippen LogP contribution in [0, 0.1) is 44.6 Å². The van der Waals surface area contributed by atoms with Crippen LogP contribution in [0.4, 0.5) is 0 Å². The first-order valence-electron chi connectivity index (χ1n) is 16.6. The Labute approximate surface area is 287 Å². The first-order chi connectivity index (χ1) is 23.7. The molecule has 272 valence electrons. The number of carbonyl (C=O) groups is 4. The Bertz CT molecular complexity index is 1620. The van der Waals surface area contributed by atoms with Crippen LogP contribution in [-0.4, -0.2) is 117 Å². The van der Waals surface area contributed by atoms with Crippen LogP contribution in [0.15, 0.2) is 24.3 Å². The molecular weight excluding hydrogens is 662 g/mol. The van der Waals surface area contributed by atoms with Crippen molar-refractivity contribution in [1.29, 1.82) is 0 Å². The number of rotatable bonds is 10. The predicted molar refractivity (Wildman–Crippen MR) is 164 cm³/mol. The monoisotopic (exact) mass is 703 g/mol. The predicted octanol–water partition coefficient (Wildman–Crippen LogP) is 1.11. The smallest absolute Gasteiger partial charge is 0.338 e. The average molecular weight is 704 g/mol. The largest absolute Gasteiger partial charge is 0.497 e. The number of hydrogen-bond acceptors (Lipinski definition) is 15. The molecule has 50 heavy (non-hydrogen) atoms. The van der Waals surface area contributed by atoms with E-state index in [2.05, 4.69) is 0 Å². The number of ether oxygens (including phenoxy) is 8. The van der Waals surface area contributed by atoms with Crippen LogP contribution in [-0.2, 0) is 47.5 Å². The molecule has 5 aliphatic carbocycles. The van der Waals surface area contributed by atoms with E-state index in [1.807, 2.05) is 0 Å². The summed E-state index contributed by atoms with van der Waals surface area (Å²) in [6.07, 6.45) is -6.48. The third-order valence-corrected chi connectivity index (χ3v) is 12.8. The van der Waals surface area contributed by atoms with E-state index in [9.17, 15) is 34.4 Å². The van der Waals surface area contributed by atoms with Crippen molar-refractivity contribution in [3.63, 3.8) is 0 Å². The Morgan fingerprint density at radius 2 is 1.64 bits per heavy atom. The van der Waals surface area contributed by atoms with Crippen LogP contribution in [0.2, 0.25) is 0 Å². The van der Waals surface area contributed by atoms with Gasteiger partial charge in [-0.3, -0.25) is 24.5 Å². The first-order valence-corrected chi connectivity index (χ1v) is 16.6. The SMILES string of the molecule is COC[C@@]12C(=O)O[C@H]3[C@H]4[C@@H]([N+](=O)[O-])[C@]([C@@H](OC)C[C@H]1OC(C)=O)([C@@H]1C[C@]5(O)[C@@H](OC)C[C@@]4(OC(C)=O)[C@H]1[C@H]5OC(=O)c1ccc(OC)cc1)[C@H]32. The van der Waals surface area contributed by atoms with Crippen molar-refractivity contribution in [1.82, 2.24) is 0 Å². The summed E-state index contributed by atoms with van der Waals surface area (Å²) in [6, 6.07) is 4.60. The molecule has 1 aromatic rings. The molecule has 1 aromatic carbocycles. The van der Waals surface area contributed by atoms with Crippen LogP contribution in [0.3, 0.4) is 0 Å². The molecular formula is C34H41NO15. The van der Waals surface area contributed by atoms with Gasteiger partial charge in [0.25, 0.3) is 0 Å². The molecule has 6 aliphatic rings. The normalized spacial score (nSPS) is 44.5. The number of hydrogen-bond donors (Lipinski definition) is 1. The van der Waals surface area contributed by atoms with E-state index in [4.69, 9.17) is 37.9 Å². The molecule has 1 N–H and O–H groups in total. The maximum absolute atomic E-state index is 14.3. The van der Waals surface area contributed by atoms with Gasteiger partial charge in [-0.2, -0.15) is 0 Å². The number of carbonyl (C=O) groups excluding carboxylic acids is 4. The third-order valence-electron chi connectivity index (χ3n) is 12.8. The van der Waals surface area contributed by atoms with Crippen LogP contribution in [0.1, 0.15) is 43.5 Å². The summed E-state index contributed by atoms with van der Waals surface area (Å²) in [7, 11) is 5.57. The molecule has 14 atom stereocenters. The molecule has 4 bridgehead atoms. The molecule has 0 amide bonds. The minimum atomic E-state index is -1.91. The molecule has 16 nitrogen and oxygen atoms in total. The molecule has 5 saturated carbocycles. The second kappa shape index (κ2) is 11.6. The summed E-state index contributed by atoms with van der Waals surface area (Å²) >= 11 is 0. The molecule has 1 saturated heterocycles. The molecule has 0 spiro atoms. The van der Waals surface area contributed by atoms with Crippen LogP contribution < -0.4 is 4.74 Å². The highest BCUT2D eigenvalue weighted by Crippen LogP contribution is 2.80. The van der Waals surface area contributed by atoms with E-state index < -0.39 is 111 Å². The first kappa shape index (κ1) is 34.6. The number of esters is 4. The highest BCUT2D eigenvalue weighted by molar-refractivity contribution is 5.90. The lowest BCUT2D eigenvalue weighted by atomic mass is 9.45. The molecule has 1 aliphatic heterocycles. The minimum absolute atomic E-state index is 0.138. The minimum Gasteiger partial charge on any atom is -0.497 e. The van der Waals surface area contributed by atoms with E-state index in [0.29, 0.717) is 5.75 Å². The van der Waals surface area contributed by atoms with Crippen LogP contribution in [0.25, 0.3) is 0 Å². The Morgan fingerprint density at radius 1 is 0.960 bits per heavy atom. The fourth-order valence-corrected chi connectivity index (χ4v) is 11.7. The van der Waals surface area contributed by atoms with Crippen molar-refractivity contribution >= 4 is 23.9 Å². The van der Waals surface area contributed by atoms with E-state index in [1.165, 1.54) is 47.5 Å². The van der Waals surface area contributed by atoms with Gasteiger partial charge in [0, 0.05) is 64.8 Å². The Kier molecular flexibility index (Phi) is 8.01. The highest BCUT2D eigenvalue weighted by Gasteiger charge is 2.95. The quantitative estimate of drug-likeness (QED) is 0.157. The number of methoxy groups -OCH3 is 4. The van der Waals surface area contributed by atoms with Crippen molar-refractivity contribution in [2.75, 3.05) is 35.0 Å². The summed E-state index contributed by atoms with van der Waals surface area (Å²) < 4.78 is 47.3. The summed E-state index contributed by atoms with van der Waals surface area (Å²) in [5.41, 5.74) is -6.90. The third kappa shape index (κ3) is 4.12. The highest BCUT2D eigenvalue weighted by atomic mass is 16.6. The molecule has 0 aromatic heterocycles. The van der Waals surface area contributed by atoms with E-state index >= 15 is 0 Å². The van der Waals surface area contributed by atoms with Gasteiger partial charge in [0.1, 0.15) is 46.6 Å². The van der Waals surface area contributed by atoms with Crippen molar-refractivity contribution in [3.8, 4) is 5.75 Å². The zero-order valence-corrected chi connectivity index (χ0v) is 28.5. The maximum atomic E-state index is 14.3. The van der Waals surface area contributed by atoms with E-state index in [0.717, 1.165) is 6.92 Å². The van der Waals surface area contributed by atoms with Gasteiger partial charge in [0.05, 0.1) is 36.9 Å². The number of aliphatic hydroxyl groups is 1. The fraction of sp³-hybridized carbons (Fsp3) is 0.706. The molecule has 0 unspecified atom stereocenters. The van der Waals surface area contributed by atoms with Gasteiger partial charge in [-0.25, -0.2) is 4.79 Å². The lowest BCUT2D eigenvalue weighted by Gasteiger charge is -2.61. The Morgan fingerprint density at radius 3 is 2.20 bits per heavy atom. The average Bonchev–Trinajstić information content (AvgIpc) is 3.62. The lowest BCUT2D eigenvalue weighted by molar-refractivity contribution is -0.570. The standard InChI is InChI=1S/C34H41NO15/c1-15(36)47-20-11-21(45-5)34-19-12-32(40)22(46-6)13-33(50-16(2)37,23(19)28(32)49-29(38)17-7-9-18(44-4)10-8-17)24(27(34)35(41)42)25-26(34)31(20,14-43-3)30(39)48-25/h7-10,19-28,40H,11-14H2,1-6H3/t19-,20-,21+,22+,23-,24+,25+,26-,27-,28-,31-,32+,33-,34+/m1/s1. The van der Waals surface area contributed by atoms with Crippen molar-refractivity contribution in [3.05, 3.63) is 39.9 Å². The molecule has 6 fully saturated rings. The topological polar surface area (TPSA) is 205 Å². The zero-order valence-electron chi connectivity index (χ0n) is 28.5. The van der Waals surface area contributed by atoms with Crippen LogP contribution >= 0.6 is 0 Å². The number of nitrogens with zero attached hydrogens (tertiary/aromatic N) is 1. The van der Waals surface area contributed by atoms with Crippen LogP contribution in [0.5, 0.6) is 5.75 Å². The molecule has 0 radical (unpaired) electrons. The second-order valence-corrected chi connectivity index (χ2v) is 14.5. The molecule has 7 rings (SSSR count). The van der Waals surface area contributed by atoms with E-state index in [-0.39, 0.29) is 31.4 Å². The Balaban J connectivity index is 1.48. The zero-order chi connectivity index (χ0) is 36.1. The number of fused-ring (bicyclic) bond motifs is 2. The van der Waals surface area contributed by atoms with Gasteiger partial charge in [-0.05, 0) is 36.6 Å². The summed E-state index contributed by atoms with van der Waals surface area (Å²) in [5, 5.41) is 26.3. The van der Waals surface area contributed by atoms with Gasteiger partial charge in [-0.15, -0.1) is 0 Å². The number of benzene rings is 1. The number of nitro groups is 1. The van der Waals surface area contributed by atoms with Gasteiger partial charge in [0.2, 0.25) is 6.04 Å². The fourth-order valence-electron chi connectivity index (χ4n) is 11.7. The van der Waals surface area contributed by atoms with Crippen molar-refractivity contribution in [2.45, 2.75) is 80.9 Å². The maximum Gasteiger partial charge on any atom is 0.338 e. The lowest BCUT2D eigenvalue weighted by Crippen LogP contribution is -2.75. The van der Waals surface area contributed by atoms with Gasteiger partial charge < -0.3 is 43.0 Å².